The van der Waals surface area contributed by atoms with Crippen molar-refractivity contribution >= 4 is 11.7 Å². The van der Waals surface area contributed by atoms with Crippen molar-refractivity contribution < 1.29 is 4.79 Å². The molecule has 0 aromatic carbocycles. The van der Waals surface area contributed by atoms with Crippen molar-refractivity contribution in [1.82, 2.24) is 9.97 Å². The second kappa shape index (κ2) is 5.95. The van der Waals surface area contributed by atoms with Gasteiger partial charge in [-0.1, -0.05) is 13.0 Å². The van der Waals surface area contributed by atoms with Gasteiger partial charge in [0.05, 0.1) is 17.8 Å². The van der Waals surface area contributed by atoms with E-state index < -0.39 is 5.91 Å². The number of amides is 1. The summed E-state index contributed by atoms with van der Waals surface area (Å²) in [5.41, 5.74) is 7.81. The number of hydrogen-bond donors (Lipinski definition) is 2. The van der Waals surface area contributed by atoms with Crippen molar-refractivity contribution in [2.24, 2.45) is 5.73 Å². The van der Waals surface area contributed by atoms with E-state index in [0.29, 0.717) is 17.9 Å². The van der Waals surface area contributed by atoms with Gasteiger partial charge >= 0.3 is 0 Å². The fourth-order valence-electron chi connectivity index (χ4n) is 1.86. The van der Waals surface area contributed by atoms with E-state index in [0.717, 1.165) is 12.1 Å². The summed E-state index contributed by atoms with van der Waals surface area (Å²) in [6, 6.07) is 7.29. The van der Waals surface area contributed by atoms with E-state index in [1.807, 2.05) is 12.1 Å². The first-order valence-corrected chi connectivity index (χ1v) is 6.13. The Morgan fingerprint density at radius 3 is 2.74 bits per heavy atom. The summed E-state index contributed by atoms with van der Waals surface area (Å²) in [4.78, 5) is 19.7. The van der Waals surface area contributed by atoms with Gasteiger partial charge in [-0.15, -0.1) is 0 Å². The molecule has 0 aliphatic rings. The van der Waals surface area contributed by atoms with Gasteiger partial charge in [0.15, 0.2) is 0 Å². The van der Waals surface area contributed by atoms with Crippen molar-refractivity contribution in [2.75, 3.05) is 5.32 Å². The minimum absolute atomic E-state index is 0.386. The van der Waals surface area contributed by atoms with Gasteiger partial charge in [-0.2, -0.15) is 0 Å². The molecular formula is C14H16N4O. The maximum atomic E-state index is 11.3. The molecule has 0 atom stereocenters. The fraction of sp³-hybridized carbons (Fsp3) is 0.214. The second-order valence-electron chi connectivity index (χ2n) is 4.08. The van der Waals surface area contributed by atoms with E-state index in [-0.39, 0.29) is 0 Å². The number of carbonyl (C=O) groups is 1. The van der Waals surface area contributed by atoms with E-state index in [9.17, 15) is 4.79 Å². The van der Waals surface area contributed by atoms with Crippen LogP contribution in [0.3, 0.4) is 0 Å². The average Bonchev–Trinajstić information content (AvgIpc) is 2.45. The third-order valence-corrected chi connectivity index (χ3v) is 2.86. The van der Waals surface area contributed by atoms with Gasteiger partial charge < -0.3 is 11.1 Å². The Morgan fingerprint density at radius 2 is 2.00 bits per heavy atom. The van der Waals surface area contributed by atoms with Crippen molar-refractivity contribution in [2.45, 2.75) is 19.9 Å². The molecule has 2 rings (SSSR count). The highest BCUT2D eigenvalue weighted by Crippen LogP contribution is 2.13. The first kappa shape index (κ1) is 13.0. The molecule has 2 aromatic heterocycles. The van der Waals surface area contributed by atoms with Crippen LogP contribution in [0.25, 0.3) is 0 Å². The Balaban J connectivity index is 2.17. The predicted molar refractivity (Wildman–Crippen MR) is 73.7 cm³/mol. The summed E-state index contributed by atoms with van der Waals surface area (Å²) in [7, 11) is 0. The van der Waals surface area contributed by atoms with Crippen LogP contribution in [0.5, 0.6) is 0 Å². The third-order valence-electron chi connectivity index (χ3n) is 2.86. The highest BCUT2D eigenvalue weighted by atomic mass is 16.1. The van der Waals surface area contributed by atoms with Crippen LogP contribution >= 0.6 is 0 Å². The summed E-state index contributed by atoms with van der Waals surface area (Å²) in [5.74, 6) is -0.00459. The molecule has 2 aromatic rings. The van der Waals surface area contributed by atoms with E-state index in [1.165, 1.54) is 5.56 Å². The largest absolute Gasteiger partial charge is 0.365 e. The molecule has 0 saturated carbocycles. The molecule has 5 heteroatoms. The molecule has 19 heavy (non-hydrogen) atoms. The summed E-state index contributed by atoms with van der Waals surface area (Å²) < 4.78 is 0. The molecule has 0 bridgehead atoms. The van der Waals surface area contributed by atoms with E-state index >= 15 is 0 Å². The molecule has 3 N–H and O–H groups in total. The van der Waals surface area contributed by atoms with Gasteiger partial charge in [0, 0.05) is 12.4 Å². The van der Waals surface area contributed by atoms with Gasteiger partial charge in [-0.05, 0) is 30.2 Å². The molecule has 98 valence electrons. The molecule has 0 saturated heterocycles. The van der Waals surface area contributed by atoms with E-state index in [1.54, 1.807) is 24.5 Å². The van der Waals surface area contributed by atoms with Crippen molar-refractivity contribution in [3.8, 4) is 0 Å². The van der Waals surface area contributed by atoms with E-state index in [4.69, 9.17) is 5.73 Å². The number of anilines is 1. The Bertz CT molecular complexity index is 583. The quantitative estimate of drug-likeness (QED) is 0.854. The minimum atomic E-state index is -0.493. The van der Waals surface area contributed by atoms with Crippen LogP contribution in [0.1, 0.15) is 28.5 Å². The number of nitrogens with two attached hydrogens (primary N) is 1. The number of carbonyl (C=O) groups excluding carboxylic acids is 1. The molecule has 1 amide bonds. The first-order valence-electron chi connectivity index (χ1n) is 6.13. The summed E-state index contributed by atoms with van der Waals surface area (Å²) in [5, 5.41) is 3.11. The lowest BCUT2D eigenvalue weighted by Crippen LogP contribution is -2.16. The van der Waals surface area contributed by atoms with Crippen LogP contribution in [-0.4, -0.2) is 15.9 Å². The number of primary amides is 1. The third kappa shape index (κ3) is 3.07. The molecule has 0 spiro atoms. The van der Waals surface area contributed by atoms with Crippen molar-refractivity contribution in [1.29, 1.82) is 0 Å². The number of pyridine rings is 2. The molecule has 5 nitrogen and oxygen atoms in total. The number of hydrogen-bond acceptors (Lipinski definition) is 4. The average molecular weight is 256 g/mol. The van der Waals surface area contributed by atoms with Crippen LogP contribution in [0.4, 0.5) is 5.82 Å². The first-order chi connectivity index (χ1) is 9.22. The van der Waals surface area contributed by atoms with Crippen molar-refractivity contribution in [3.63, 3.8) is 0 Å². The minimum Gasteiger partial charge on any atom is -0.365 e. The van der Waals surface area contributed by atoms with Crippen molar-refractivity contribution in [3.05, 3.63) is 53.5 Å². The highest BCUT2D eigenvalue weighted by Gasteiger charge is 2.09. The lowest BCUT2D eigenvalue weighted by atomic mass is 10.1. The SMILES string of the molecule is CCc1cccnc1CNc1ncccc1C(N)=O. The number of rotatable bonds is 5. The van der Waals surface area contributed by atoms with Gasteiger partial charge in [-0.3, -0.25) is 9.78 Å². The Morgan fingerprint density at radius 1 is 1.26 bits per heavy atom. The zero-order valence-corrected chi connectivity index (χ0v) is 10.8. The summed E-state index contributed by atoms with van der Waals surface area (Å²) >= 11 is 0. The predicted octanol–water partition coefficient (Wildman–Crippen LogP) is 1.75. The van der Waals surface area contributed by atoms with Crippen LogP contribution < -0.4 is 11.1 Å². The van der Waals surface area contributed by atoms with Crippen LogP contribution in [0, 0.1) is 0 Å². The number of nitrogens with zero attached hydrogens (tertiary/aromatic N) is 2. The molecule has 0 fully saturated rings. The van der Waals surface area contributed by atoms with E-state index in [2.05, 4.69) is 22.2 Å². The maximum Gasteiger partial charge on any atom is 0.252 e. The van der Waals surface area contributed by atoms with Crippen LogP contribution in [0.15, 0.2) is 36.7 Å². The number of aryl methyl sites for hydroxylation is 1. The zero-order chi connectivity index (χ0) is 13.7. The van der Waals surface area contributed by atoms with Crippen LogP contribution in [-0.2, 0) is 13.0 Å². The molecule has 0 radical (unpaired) electrons. The highest BCUT2D eigenvalue weighted by molar-refractivity contribution is 5.97. The summed E-state index contributed by atoms with van der Waals surface area (Å²) in [6.07, 6.45) is 4.28. The monoisotopic (exact) mass is 256 g/mol. The fourth-order valence-corrected chi connectivity index (χ4v) is 1.86. The van der Waals surface area contributed by atoms with Gasteiger partial charge in [0.2, 0.25) is 0 Å². The lowest BCUT2D eigenvalue weighted by Gasteiger charge is -2.10. The Hall–Kier alpha value is -2.43. The van der Waals surface area contributed by atoms with Gasteiger partial charge in [0.25, 0.3) is 5.91 Å². The second-order valence-corrected chi connectivity index (χ2v) is 4.08. The zero-order valence-electron chi connectivity index (χ0n) is 10.8. The Labute approximate surface area is 111 Å². The molecule has 0 aliphatic carbocycles. The lowest BCUT2D eigenvalue weighted by molar-refractivity contribution is 0.100. The molecule has 0 aliphatic heterocycles. The maximum absolute atomic E-state index is 11.3. The standard InChI is InChI=1S/C14H16N4O/c1-2-10-5-3-7-16-12(10)9-18-14-11(13(15)19)6-4-8-17-14/h3-8H,2,9H2,1H3,(H2,15,19)(H,17,18). The number of nitrogens with one attached hydrogen (secondary N) is 1. The van der Waals surface area contributed by atoms with Gasteiger partial charge in [-0.25, -0.2) is 4.98 Å². The van der Waals surface area contributed by atoms with Crippen LogP contribution in [0.2, 0.25) is 0 Å². The van der Waals surface area contributed by atoms with Gasteiger partial charge in [0.1, 0.15) is 5.82 Å². The normalized spacial score (nSPS) is 10.2. The molecular weight excluding hydrogens is 240 g/mol. The number of aromatic nitrogens is 2. The smallest absolute Gasteiger partial charge is 0.252 e. The Kier molecular flexibility index (Phi) is 4.07. The molecule has 2 heterocycles. The topological polar surface area (TPSA) is 80.9 Å². The summed E-state index contributed by atoms with van der Waals surface area (Å²) in [6.45, 7) is 2.59. The molecule has 0 unspecified atom stereocenters.